The first-order valence-electron chi connectivity index (χ1n) is 14.0. The van der Waals surface area contributed by atoms with Crippen molar-refractivity contribution < 1.29 is 21.6 Å². The zero-order valence-corrected chi connectivity index (χ0v) is 27.0. The predicted octanol–water partition coefficient (Wildman–Crippen LogP) is 5.93. The Balaban J connectivity index is 1.70. The van der Waals surface area contributed by atoms with Gasteiger partial charge < -0.3 is 0 Å². The Morgan fingerprint density at radius 2 is 0.773 bits per heavy atom. The van der Waals surface area contributed by atoms with Crippen molar-refractivity contribution in [1.82, 2.24) is 9.44 Å². The lowest BCUT2D eigenvalue weighted by atomic mass is 9.94. The maximum absolute atomic E-state index is 14.5. The van der Waals surface area contributed by atoms with E-state index in [1.54, 1.807) is 60.7 Å². The molecule has 0 amide bonds. The Labute approximate surface area is 269 Å². The topological polar surface area (TPSA) is 109 Å². The number of sulfonamides is 2. The van der Waals surface area contributed by atoms with Crippen molar-refractivity contribution in [2.75, 3.05) is 0 Å². The smallest absolute Gasteiger partial charge is 0.217 e. The summed E-state index contributed by atoms with van der Waals surface area (Å²) in [5.41, 5.74) is 2.59. The molecule has 4 aromatic carbocycles. The molecule has 0 aromatic heterocycles. The maximum atomic E-state index is 14.5. The van der Waals surface area contributed by atoms with E-state index in [9.17, 15) is 21.6 Å². The fourth-order valence-corrected chi connectivity index (χ4v) is 8.86. The van der Waals surface area contributed by atoms with Crippen LogP contribution in [0.1, 0.15) is 35.1 Å². The summed E-state index contributed by atoms with van der Waals surface area (Å²) in [5.74, 6) is -1.90. The van der Waals surface area contributed by atoms with Crippen LogP contribution in [0.3, 0.4) is 0 Å². The second-order valence-corrected chi connectivity index (χ2v) is 15.3. The molecule has 0 aliphatic rings. The van der Waals surface area contributed by atoms with E-state index in [-0.39, 0.29) is 25.7 Å². The lowest BCUT2D eigenvalue weighted by Gasteiger charge is -2.35. The molecule has 4 aromatic rings. The molecule has 2 N–H and O–H groups in total. The number of aryl methyl sites for hydroxylation is 2. The standard InChI is InChI=1S/C33H34Cl2N2O5S2/c34-32(23-21-27-13-5-1-6-14-27,36-43(39,40)25-29-17-9-3-10-18-29)31(38)33(35,24-22-28-15-7-2-8-16-28)37-44(41,42)26-30-19-11-4-12-20-30/h1-20,36-37H,21-26H2. The lowest BCUT2D eigenvalue weighted by molar-refractivity contribution is -0.125. The van der Waals surface area contributed by atoms with Crippen LogP contribution in [-0.4, -0.2) is 32.6 Å². The molecule has 44 heavy (non-hydrogen) atoms. The first-order chi connectivity index (χ1) is 20.9. The Kier molecular flexibility index (Phi) is 11.4. The van der Waals surface area contributed by atoms with Crippen LogP contribution in [0.25, 0.3) is 0 Å². The van der Waals surface area contributed by atoms with E-state index in [0.29, 0.717) is 11.1 Å². The number of Topliss-reactive ketones (excluding diaryl/α,β-unsaturated/α-hetero) is 1. The molecule has 4 rings (SSSR count). The van der Waals surface area contributed by atoms with E-state index in [1.165, 1.54) is 0 Å². The highest BCUT2D eigenvalue weighted by molar-refractivity contribution is 7.89. The summed E-state index contributed by atoms with van der Waals surface area (Å²) in [7, 11) is -8.40. The second kappa shape index (κ2) is 14.8. The van der Waals surface area contributed by atoms with E-state index >= 15 is 0 Å². The van der Waals surface area contributed by atoms with Crippen molar-refractivity contribution in [2.24, 2.45) is 0 Å². The molecule has 2 unspecified atom stereocenters. The summed E-state index contributed by atoms with van der Waals surface area (Å²) in [6.45, 7) is 0. The molecular formula is C33H34Cl2N2O5S2. The SMILES string of the molecule is O=C(C(Cl)(CCc1ccccc1)NS(=O)(=O)Cc1ccccc1)C(Cl)(CCc1ccccc1)NS(=O)(=O)Cc1ccccc1. The molecule has 0 radical (unpaired) electrons. The highest BCUT2D eigenvalue weighted by Crippen LogP contribution is 2.34. The van der Waals surface area contributed by atoms with Crippen molar-refractivity contribution >= 4 is 49.0 Å². The summed E-state index contributed by atoms with van der Waals surface area (Å²) in [6.07, 6.45) is 0.0516. The van der Waals surface area contributed by atoms with Gasteiger partial charge in [-0.2, -0.15) is 9.44 Å². The van der Waals surface area contributed by atoms with Crippen LogP contribution in [0.15, 0.2) is 121 Å². The van der Waals surface area contributed by atoms with Gasteiger partial charge in [-0.1, -0.05) is 145 Å². The Morgan fingerprint density at radius 1 is 0.500 bits per heavy atom. The highest BCUT2D eigenvalue weighted by atomic mass is 35.5. The molecule has 0 bridgehead atoms. The lowest BCUT2D eigenvalue weighted by Crippen LogP contribution is -2.62. The molecule has 7 nitrogen and oxygen atoms in total. The normalized spacial score (nSPS) is 14.8. The Morgan fingerprint density at radius 3 is 1.07 bits per heavy atom. The summed E-state index contributed by atoms with van der Waals surface area (Å²) >= 11 is 14.0. The van der Waals surface area contributed by atoms with Crippen LogP contribution >= 0.6 is 23.2 Å². The van der Waals surface area contributed by atoms with Crippen LogP contribution in [0.5, 0.6) is 0 Å². The summed E-state index contributed by atoms with van der Waals surface area (Å²) in [5, 5.41) is 0. The quantitative estimate of drug-likeness (QED) is 0.113. The molecule has 0 aliphatic heterocycles. The van der Waals surface area contributed by atoms with E-state index in [1.807, 2.05) is 60.7 Å². The number of nitrogens with one attached hydrogen (secondary N) is 2. The van der Waals surface area contributed by atoms with E-state index in [2.05, 4.69) is 9.44 Å². The van der Waals surface area contributed by atoms with Crippen molar-refractivity contribution in [3.63, 3.8) is 0 Å². The fraction of sp³-hybridized carbons (Fsp3) is 0.242. The number of ketones is 1. The largest absolute Gasteiger partial charge is 0.293 e. The van der Waals surface area contributed by atoms with Gasteiger partial charge in [0.15, 0.2) is 10.00 Å². The molecule has 0 aliphatic carbocycles. The number of rotatable bonds is 16. The maximum Gasteiger partial charge on any atom is 0.217 e. The van der Waals surface area contributed by atoms with Gasteiger partial charge in [-0.15, -0.1) is 0 Å². The third-order valence-electron chi connectivity index (χ3n) is 6.96. The number of carbonyl (C=O) groups is 1. The summed E-state index contributed by atoms with van der Waals surface area (Å²) < 4.78 is 58.5. The number of alkyl halides is 2. The molecule has 2 atom stereocenters. The average Bonchev–Trinajstić information content (AvgIpc) is 3.00. The predicted molar refractivity (Wildman–Crippen MR) is 176 cm³/mol. The molecule has 0 saturated heterocycles. The number of hydrogen-bond donors (Lipinski definition) is 2. The molecule has 0 saturated carbocycles. The molecule has 0 spiro atoms. The minimum Gasteiger partial charge on any atom is -0.293 e. The summed E-state index contributed by atoms with van der Waals surface area (Å²) in [4.78, 5) is 9.91. The summed E-state index contributed by atoms with van der Waals surface area (Å²) in [6, 6.07) is 35.1. The Bertz CT molecular complexity index is 1600. The van der Waals surface area contributed by atoms with Crippen molar-refractivity contribution in [1.29, 1.82) is 0 Å². The van der Waals surface area contributed by atoms with E-state index in [4.69, 9.17) is 23.2 Å². The van der Waals surface area contributed by atoms with Crippen LogP contribution in [0, 0.1) is 0 Å². The monoisotopic (exact) mass is 672 g/mol. The van der Waals surface area contributed by atoms with Gasteiger partial charge in [0.25, 0.3) is 0 Å². The van der Waals surface area contributed by atoms with Crippen molar-refractivity contribution in [3.05, 3.63) is 144 Å². The number of carbonyl (C=O) groups excluding carboxylic acids is 1. The van der Waals surface area contributed by atoms with Gasteiger partial charge in [-0.05, 0) is 47.9 Å². The van der Waals surface area contributed by atoms with Gasteiger partial charge in [0, 0.05) is 0 Å². The van der Waals surface area contributed by atoms with Crippen LogP contribution in [-0.2, 0) is 49.2 Å². The van der Waals surface area contributed by atoms with Gasteiger partial charge in [-0.3, -0.25) is 4.79 Å². The van der Waals surface area contributed by atoms with Gasteiger partial charge in [-0.25, -0.2) is 16.8 Å². The second-order valence-electron chi connectivity index (χ2n) is 10.6. The fourth-order valence-electron chi connectivity index (χ4n) is 4.81. The number of benzene rings is 4. The average molecular weight is 674 g/mol. The van der Waals surface area contributed by atoms with Gasteiger partial charge in [0.05, 0.1) is 11.5 Å². The third-order valence-corrected chi connectivity index (χ3v) is 10.8. The van der Waals surface area contributed by atoms with Crippen LogP contribution in [0.4, 0.5) is 0 Å². The van der Waals surface area contributed by atoms with Crippen molar-refractivity contribution in [3.8, 4) is 0 Å². The van der Waals surface area contributed by atoms with Crippen LogP contribution in [0.2, 0.25) is 0 Å². The van der Waals surface area contributed by atoms with Crippen molar-refractivity contribution in [2.45, 2.75) is 47.2 Å². The zero-order chi connectivity index (χ0) is 31.7. The zero-order valence-electron chi connectivity index (χ0n) is 23.9. The first-order valence-corrected chi connectivity index (χ1v) is 18.1. The minimum absolute atomic E-state index is 0.189. The van der Waals surface area contributed by atoms with Gasteiger partial charge >= 0.3 is 0 Å². The van der Waals surface area contributed by atoms with E-state index < -0.39 is 47.3 Å². The highest BCUT2D eigenvalue weighted by Gasteiger charge is 2.52. The van der Waals surface area contributed by atoms with E-state index in [0.717, 1.165) is 11.1 Å². The molecule has 232 valence electrons. The van der Waals surface area contributed by atoms with Crippen LogP contribution < -0.4 is 9.44 Å². The number of halogens is 2. The molecule has 11 heteroatoms. The first kappa shape index (κ1) is 33.8. The number of hydrogen-bond acceptors (Lipinski definition) is 5. The van der Waals surface area contributed by atoms with Gasteiger partial charge in [0.1, 0.15) is 0 Å². The van der Waals surface area contributed by atoms with Gasteiger partial charge in [0.2, 0.25) is 25.8 Å². The molecular weight excluding hydrogens is 639 g/mol. The Hall–Kier alpha value is -3.05. The molecule has 0 heterocycles. The minimum atomic E-state index is -4.20. The molecule has 0 fully saturated rings. The third kappa shape index (κ3) is 9.99.